The highest BCUT2D eigenvalue weighted by atomic mass is 16.3. The molecular weight excluding hydrogens is 783 g/mol. The summed E-state index contributed by atoms with van der Waals surface area (Å²) in [6.07, 6.45) is 80.6. The molecule has 2 atom stereocenters. The zero-order valence-corrected chi connectivity index (χ0v) is 42.5. The molecule has 3 N–H and O–H groups in total. The minimum atomic E-state index is -0.869. The van der Waals surface area contributed by atoms with Gasteiger partial charge in [-0.2, -0.15) is 0 Å². The third-order valence-electron chi connectivity index (χ3n) is 12.3. The molecule has 0 rings (SSSR count). The van der Waals surface area contributed by atoms with E-state index in [-0.39, 0.29) is 12.5 Å². The van der Waals surface area contributed by atoms with Crippen molar-refractivity contribution in [3.8, 4) is 0 Å². The number of hydrogen-bond donors (Lipinski definition) is 3. The molecule has 0 saturated heterocycles. The Balaban J connectivity index is 3.38. The summed E-state index contributed by atoms with van der Waals surface area (Å²) >= 11 is 0. The molecule has 4 nitrogen and oxygen atoms in total. The molecule has 0 saturated carbocycles. The van der Waals surface area contributed by atoms with Gasteiger partial charge in [0.1, 0.15) is 0 Å². The maximum Gasteiger partial charge on any atom is 0.220 e. The Kier molecular flexibility index (Phi) is 52.8. The lowest BCUT2D eigenvalue weighted by atomic mass is 10.0. The van der Waals surface area contributed by atoms with Gasteiger partial charge in [0.05, 0.1) is 18.8 Å². The summed E-state index contributed by atoms with van der Waals surface area (Å²) in [5.41, 5.74) is 0. The number of carbonyl (C=O) groups excluding carboxylic acids is 1. The Morgan fingerprint density at radius 1 is 0.391 bits per heavy atom. The van der Waals surface area contributed by atoms with E-state index in [1.807, 2.05) is 6.08 Å². The normalized spacial score (nSPS) is 13.5. The van der Waals surface area contributed by atoms with E-state index in [1.54, 1.807) is 6.08 Å². The van der Waals surface area contributed by atoms with Gasteiger partial charge in [-0.3, -0.25) is 4.79 Å². The molecule has 0 radical (unpaired) electrons. The molecule has 0 spiro atoms. The maximum atomic E-state index is 12.4. The van der Waals surface area contributed by atoms with Gasteiger partial charge < -0.3 is 15.5 Å². The van der Waals surface area contributed by atoms with Crippen molar-refractivity contribution >= 4 is 5.91 Å². The fraction of sp³-hybridized carbons (Fsp3) is 0.750. The summed E-state index contributed by atoms with van der Waals surface area (Å²) in [6.45, 7) is 4.11. The van der Waals surface area contributed by atoms with Crippen LogP contribution >= 0.6 is 0 Å². The largest absolute Gasteiger partial charge is 0.394 e. The standard InChI is InChI=1S/C60H107NO3/c1-3-5-7-9-11-13-15-16-17-18-19-20-21-22-23-24-25-26-27-28-29-30-31-32-33-34-35-36-37-38-39-40-41-42-43-44-46-48-50-52-54-56-60(64)61-58(57-62)59(63)55-53-51-49-47-45-14-12-10-8-6-4-2/h5,7-8,10-11,13,16-17,19-20,45,47,53,55,58-59,62-63H,3-4,6,9,12,14-15,18,21-44,46,48-52,54,56-57H2,1-2H3,(H,61,64)/b7-5-,10-8+,13-11-,17-16-,20-19-,47-45+,55-53+. The predicted molar refractivity (Wildman–Crippen MR) is 285 cm³/mol. The van der Waals surface area contributed by atoms with E-state index in [0.717, 1.165) is 70.6 Å². The maximum absolute atomic E-state index is 12.4. The van der Waals surface area contributed by atoms with Gasteiger partial charge in [-0.05, 0) is 77.0 Å². The van der Waals surface area contributed by atoms with E-state index in [0.29, 0.717) is 6.42 Å². The SMILES string of the molecule is CC/C=C\C/C=C\C/C=C\C/C=C\CCCCCCCCCCCCCCCCCCCCCCCCCCCCCCC(=O)NC(CO)C(O)/C=C/CC/C=C/CC/C=C/CCC. The Morgan fingerprint density at radius 2 is 0.703 bits per heavy atom. The van der Waals surface area contributed by atoms with Gasteiger partial charge in [0.15, 0.2) is 0 Å². The van der Waals surface area contributed by atoms with Crippen LogP contribution in [0.15, 0.2) is 85.1 Å². The Morgan fingerprint density at radius 3 is 1.08 bits per heavy atom. The summed E-state index contributed by atoms with van der Waals surface area (Å²) in [5.74, 6) is -0.0778. The molecule has 4 heteroatoms. The highest BCUT2D eigenvalue weighted by Crippen LogP contribution is 2.17. The van der Waals surface area contributed by atoms with Crippen LogP contribution in [-0.4, -0.2) is 34.9 Å². The van der Waals surface area contributed by atoms with Crippen LogP contribution in [0, 0.1) is 0 Å². The second-order valence-corrected chi connectivity index (χ2v) is 18.6. The van der Waals surface area contributed by atoms with Gasteiger partial charge in [0.25, 0.3) is 0 Å². The van der Waals surface area contributed by atoms with Gasteiger partial charge >= 0.3 is 0 Å². The first kappa shape index (κ1) is 61.6. The van der Waals surface area contributed by atoms with E-state index in [1.165, 1.54) is 180 Å². The summed E-state index contributed by atoms with van der Waals surface area (Å²) in [7, 11) is 0. The fourth-order valence-corrected chi connectivity index (χ4v) is 8.15. The van der Waals surface area contributed by atoms with Crippen molar-refractivity contribution in [1.29, 1.82) is 0 Å². The Bertz CT molecular complexity index is 1150. The average molecular weight is 891 g/mol. The molecule has 2 unspecified atom stereocenters. The fourth-order valence-electron chi connectivity index (χ4n) is 8.15. The topological polar surface area (TPSA) is 69.6 Å². The van der Waals surface area contributed by atoms with Crippen molar-refractivity contribution in [2.45, 2.75) is 283 Å². The number of nitrogens with one attached hydrogen (secondary N) is 1. The molecule has 0 aliphatic rings. The number of aliphatic hydroxyl groups excluding tert-OH is 2. The number of rotatable bonds is 50. The summed E-state index contributed by atoms with van der Waals surface area (Å²) in [6, 6.07) is -0.645. The summed E-state index contributed by atoms with van der Waals surface area (Å²) in [4.78, 5) is 12.4. The van der Waals surface area contributed by atoms with Crippen LogP contribution in [-0.2, 0) is 4.79 Å². The summed E-state index contributed by atoms with van der Waals surface area (Å²) < 4.78 is 0. The van der Waals surface area contributed by atoms with Gasteiger partial charge in [-0.15, -0.1) is 0 Å². The molecule has 0 heterocycles. The van der Waals surface area contributed by atoms with E-state index >= 15 is 0 Å². The van der Waals surface area contributed by atoms with Gasteiger partial charge in [-0.25, -0.2) is 0 Å². The molecule has 0 aromatic heterocycles. The molecule has 0 aliphatic carbocycles. The van der Waals surface area contributed by atoms with E-state index in [9.17, 15) is 15.0 Å². The van der Waals surface area contributed by atoms with Crippen LogP contribution < -0.4 is 5.32 Å². The number of unbranched alkanes of at least 4 members (excludes halogenated alkanes) is 31. The van der Waals surface area contributed by atoms with Crippen molar-refractivity contribution < 1.29 is 15.0 Å². The first-order valence-corrected chi connectivity index (χ1v) is 27.8. The van der Waals surface area contributed by atoms with Crippen LogP contribution in [0.4, 0.5) is 0 Å². The average Bonchev–Trinajstić information content (AvgIpc) is 3.30. The zero-order chi connectivity index (χ0) is 46.3. The monoisotopic (exact) mass is 890 g/mol. The van der Waals surface area contributed by atoms with Crippen LogP contribution in [0.3, 0.4) is 0 Å². The van der Waals surface area contributed by atoms with Crippen molar-refractivity contribution in [2.24, 2.45) is 0 Å². The number of allylic oxidation sites excluding steroid dienone is 13. The second kappa shape index (κ2) is 54.9. The van der Waals surface area contributed by atoms with Gasteiger partial charge in [-0.1, -0.05) is 272 Å². The smallest absolute Gasteiger partial charge is 0.220 e. The molecule has 0 aromatic rings. The highest BCUT2D eigenvalue weighted by Gasteiger charge is 2.17. The van der Waals surface area contributed by atoms with E-state index in [4.69, 9.17) is 0 Å². The quantitative estimate of drug-likeness (QED) is 0.0421. The highest BCUT2D eigenvalue weighted by molar-refractivity contribution is 5.76. The molecule has 0 fully saturated rings. The van der Waals surface area contributed by atoms with Crippen molar-refractivity contribution in [3.05, 3.63) is 85.1 Å². The second-order valence-electron chi connectivity index (χ2n) is 18.6. The molecule has 370 valence electrons. The Hall–Kier alpha value is -2.43. The van der Waals surface area contributed by atoms with Crippen LogP contribution in [0.5, 0.6) is 0 Å². The first-order valence-electron chi connectivity index (χ1n) is 27.8. The van der Waals surface area contributed by atoms with E-state index in [2.05, 4.69) is 92.1 Å². The summed E-state index contributed by atoms with van der Waals surface area (Å²) in [5, 5.41) is 23.0. The number of amides is 1. The molecule has 0 aromatic carbocycles. The molecular formula is C60H107NO3. The first-order chi connectivity index (χ1) is 31.7. The van der Waals surface area contributed by atoms with Crippen molar-refractivity contribution in [3.63, 3.8) is 0 Å². The minimum absolute atomic E-state index is 0.0778. The lowest BCUT2D eigenvalue weighted by Crippen LogP contribution is -2.45. The van der Waals surface area contributed by atoms with E-state index < -0.39 is 12.1 Å². The third kappa shape index (κ3) is 50.6. The minimum Gasteiger partial charge on any atom is -0.394 e. The number of carbonyl (C=O) groups is 1. The lowest BCUT2D eigenvalue weighted by molar-refractivity contribution is -0.123. The van der Waals surface area contributed by atoms with Gasteiger partial charge in [0, 0.05) is 6.42 Å². The molecule has 64 heavy (non-hydrogen) atoms. The zero-order valence-electron chi connectivity index (χ0n) is 42.5. The number of hydrogen-bond acceptors (Lipinski definition) is 3. The van der Waals surface area contributed by atoms with Crippen molar-refractivity contribution in [1.82, 2.24) is 5.32 Å². The van der Waals surface area contributed by atoms with Crippen LogP contribution in [0.2, 0.25) is 0 Å². The predicted octanol–water partition coefficient (Wildman–Crippen LogP) is 18.4. The molecule has 1 amide bonds. The molecule has 0 bridgehead atoms. The lowest BCUT2D eigenvalue weighted by Gasteiger charge is -2.19. The van der Waals surface area contributed by atoms with Crippen LogP contribution in [0.1, 0.15) is 271 Å². The van der Waals surface area contributed by atoms with Crippen LogP contribution in [0.25, 0.3) is 0 Å². The Labute approximate surface area is 399 Å². The number of aliphatic hydroxyl groups is 2. The van der Waals surface area contributed by atoms with Gasteiger partial charge in [0.2, 0.25) is 5.91 Å². The van der Waals surface area contributed by atoms with Crippen molar-refractivity contribution in [2.75, 3.05) is 6.61 Å². The third-order valence-corrected chi connectivity index (χ3v) is 12.3. The molecule has 0 aliphatic heterocycles.